The molecule has 0 unspecified atom stereocenters. The zero-order chi connectivity index (χ0) is 23.3. The van der Waals surface area contributed by atoms with Crippen molar-refractivity contribution in [3.8, 4) is 17.6 Å². The fourth-order valence-electron chi connectivity index (χ4n) is 2.67. The van der Waals surface area contributed by atoms with E-state index in [-0.39, 0.29) is 30.6 Å². The van der Waals surface area contributed by atoms with Crippen molar-refractivity contribution < 1.29 is 19.5 Å². The van der Waals surface area contributed by atoms with Gasteiger partial charge in [-0.1, -0.05) is 24.0 Å². The quantitative estimate of drug-likeness (QED) is 0.259. The van der Waals surface area contributed by atoms with Crippen molar-refractivity contribution in [2.24, 2.45) is 0 Å². The van der Waals surface area contributed by atoms with Gasteiger partial charge in [-0.2, -0.15) is 0 Å². The van der Waals surface area contributed by atoms with Crippen LogP contribution in [0.5, 0.6) is 5.75 Å². The van der Waals surface area contributed by atoms with Gasteiger partial charge in [-0.3, -0.25) is 14.8 Å². The number of halogens is 1. The summed E-state index contributed by atoms with van der Waals surface area (Å²) >= 11 is 0. The molecule has 0 atom stereocenters. The molecule has 4 N–H and O–H groups in total. The molecule has 1 heterocycles. The minimum absolute atomic E-state index is 0. The van der Waals surface area contributed by atoms with Crippen LogP contribution in [0.2, 0.25) is 0 Å². The number of amides is 2. The van der Waals surface area contributed by atoms with Gasteiger partial charge in [-0.25, -0.2) is 10.5 Å². The van der Waals surface area contributed by atoms with Crippen LogP contribution in [0.3, 0.4) is 0 Å². The molecule has 0 aliphatic heterocycles. The lowest BCUT2D eigenvalue weighted by Crippen LogP contribution is -2.24. The minimum Gasteiger partial charge on any atom is -0.493 e. The van der Waals surface area contributed by atoms with Crippen molar-refractivity contribution in [2.75, 3.05) is 27.2 Å². The van der Waals surface area contributed by atoms with Gasteiger partial charge in [0.15, 0.2) is 0 Å². The molecule has 0 saturated carbocycles. The van der Waals surface area contributed by atoms with Crippen LogP contribution in [0.25, 0.3) is 10.9 Å². The molecule has 1 aromatic heterocycles. The number of nitrogens with zero attached hydrogens (tertiary/aromatic N) is 1. The molecule has 0 spiro atoms. The highest BCUT2D eigenvalue weighted by atomic mass is 35.5. The van der Waals surface area contributed by atoms with E-state index in [0.717, 1.165) is 5.39 Å². The van der Waals surface area contributed by atoms with Crippen LogP contribution in [0.1, 0.15) is 33.3 Å². The Kier molecular flexibility index (Phi) is 12.0. The number of fused-ring (bicyclic) bond motifs is 1. The van der Waals surface area contributed by atoms with Crippen molar-refractivity contribution in [3.63, 3.8) is 0 Å². The van der Waals surface area contributed by atoms with Gasteiger partial charge in [0.25, 0.3) is 11.8 Å². The van der Waals surface area contributed by atoms with Crippen LogP contribution in [0.15, 0.2) is 54.6 Å². The third kappa shape index (κ3) is 8.09. The maximum absolute atomic E-state index is 12.4. The monoisotopic (exact) mass is 470 g/mol. The molecule has 2 aromatic carbocycles. The van der Waals surface area contributed by atoms with E-state index in [2.05, 4.69) is 27.5 Å². The number of benzene rings is 2. The van der Waals surface area contributed by atoms with Crippen molar-refractivity contribution in [1.29, 1.82) is 0 Å². The Morgan fingerprint density at radius 3 is 2.36 bits per heavy atom. The summed E-state index contributed by atoms with van der Waals surface area (Å²) in [5.74, 6) is 5.42. The Labute approximate surface area is 199 Å². The number of hydrogen-bond acceptors (Lipinski definition) is 6. The molecular formula is C24H27ClN4O4. The van der Waals surface area contributed by atoms with Crippen LogP contribution in [0.4, 0.5) is 0 Å². The first-order valence-corrected chi connectivity index (χ1v) is 9.96. The summed E-state index contributed by atoms with van der Waals surface area (Å²) in [6, 6.07) is 15.5. The number of para-hydroxylation sites is 1. The largest absolute Gasteiger partial charge is 0.493 e. The molecule has 8 nitrogen and oxygen atoms in total. The molecule has 3 rings (SSSR count). The van der Waals surface area contributed by atoms with E-state index in [4.69, 9.17) is 9.94 Å². The number of hydrogen-bond donors (Lipinski definition) is 4. The first kappa shape index (κ1) is 27.4. The lowest BCUT2D eigenvalue weighted by atomic mass is 10.1. The van der Waals surface area contributed by atoms with E-state index in [9.17, 15) is 9.59 Å². The molecule has 9 heteroatoms. The Morgan fingerprint density at radius 1 is 1.06 bits per heavy atom. The van der Waals surface area contributed by atoms with Crippen LogP contribution >= 0.6 is 12.4 Å². The van der Waals surface area contributed by atoms with Crippen LogP contribution < -0.4 is 20.9 Å². The molecule has 0 radical (unpaired) electrons. The summed E-state index contributed by atoms with van der Waals surface area (Å²) < 4.78 is 5.64. The second-order valence-electron chi connectivity index (χ2n) is 6.46. The average Bonchev–Trinajstić information content (AvgIpc) is 2.82. The summed E-state index contributed by atoms with van der Waals surface area (Å²) in [7, 11) is 3.75. The number of nitrogens with one attached hydrogen (secondary N) is 3. The lowest BCUT2D eigenvalue weighted by Gasteiger charge is -2.09. The predicted octanol–water partition coefficient (Wildman–Crippen LogP) is 2.79. The average molecular weight is 471 g/mol. The van der Waals surface area contributed by atoms with E-state index in [0.29, 0.717) is 29.0 Å². The van der Waals surface area contributed by atoms with Gasteiger partial charge >= 0.3 is 0 Å². The highest BCUT2D eigenvalue weighted by molar-refractivity contribution is 5.97. The fraction of sp³-hybridized carbons (Fsp3) is 0.208. The number of ether oxygens (including phenoxy) is 1. The van der Waals surface area contributed by atoms with E-state index in [1.54, 1.807) is 35.8 Å². The molecule has 0 fully saturated rings. The maximum Gasteiger partial charge on any atom is 0.274 e. The van der Waals surface area contributed by atoms with Crippen LogP contribution in [-0.2, 0) is 0 Å². The van der Waals surface area contributed by atoms with Gasteiger partial charge in [0.05, 0.1) is 18.7 Å². The lowest BCUT2D eigenvalue weighted by molar-refractivity contribution is 0.0706. The highest BCUT2D eigenvalue weighted by Gasteiger charge is 2.12. The molecule has 33 heavy (non-hydrogen) atoms. The maximum atomic E-state index is 12.4. The SMILES string of the molecule is CCOc1cc(C(=O)NCC#Cc2ccc(C(=O)NO)cc2)nc2ccccc12.CNC.Cl. The number of aromatic nitrogens is 1. The van der Waals surface area contributed by atoms with Gasteiger partial charge in [0, 0.05) is 22.6 Å². The smallest absolute Gasteiger partial charge is 0.274 e. The van der Waals surface area contributed by atoms with E-state index >= 15 is 0 Å². The number of carbonyl (C=O) groups is 2. The molecule has 174 valence electrons. The minimum atomic E-state index is -0.592. The number of hydroxylamine groups is 1. The van der Waals surface area contributed by atoms with Gasteiger partial charge in [0.1, 0.15) is 11.4 Å². The standard InChI is InChI=1S/C22H19N3O4.C2H7N.ClH/c1-2-29-20-14-19(24-18-8-4-3-7-17(18)20)22(27)23-13-5-6-15-9-11-16(12-10-15)21(26)25-28;1-3-2;/h3-4,7-12,14,28H,2,13H2,1H3,(H,23,27)(H,25,26);3H,1-2H3;1H. The molecule has 0 saturated heterocycles. The van der Waals surface area contributed by atoms with E-state index < -0.39 is 5.91 Å². The van der Waals surface area contributed by atoms with Gasteiger partial charge < -0.3 is 15.4 Å². The Hall–Kier alpha value is -3.64. The van der Waals surface area contributed by atoms with Crippen LogP contribution in [-0.4, -0.2) is 49.3 Å². The second kappa shape index (κ2) is 14.4. The van der Waals surface area contributed by atoms with E-state index in [1.165, 1.54) is 0 Å². The molecule has 0 bridgehead atoms. The second-order valence-corrected chi connectivity index (χ2v) is 6.46. The zero-order valence-electron chi connectivity index (χ0n) is 18.6. The number of rotatable bonds is 5. The molecule has 0 aliphatic rings. The van der Waals surface area contributed by atoms with Crippen molar-refractivity contribution >= 4 is 35.1 Å². The molecule has 3 aromatic rings. The fourth-order valence-corrected chi connectivity index (χ4v) is 2.67. The highest BCUT2D eigenvalue weighted by Crippen LogP contribution is 2.25. The summed E-state index contributed by atoms with van der Waals surface area (Å²) in [5.41, 5.74) is 3.50. The zero-order valence-corrected chi connectivity index (χ0v) is 19.5. The number of carbonyl (C=O) groups excluding carboxylic acids is 2. The summed E-state index contributed by atoms with van der Waals surface area (Å²) in [5, 5.41) is 14.9. The summed E-state index contributed by atoms with van der Waals surface area (Å²) in [4.78, 5) is 28.1. The van der Waals surface area contributed by atoms with Gasteiger partial charge in [-0.05, 0) is 57.4 Å². The molecular weight excluding hydrogens is 444 g/mol. The first-order chi connectivity index (χ1) is 15.5. The van der Waals surface area contributed by atoms with Crippen molar-refractivity contribution in [1.82, 2.24) is 21.1 Å². The predicted molar refractivity (Wildman–Crippen MR) is 130 cm³/mol. The Morgan fingerprint density at radius 2 is 1.73 bits per heavy atom. The molecule has 0 aliphatic carbocycles. The topological polar surface area (TPSA) is 113 Å². The Balaban J connectivity index is 0.00000129. The summed E-state index contributed by atoms with van der Waals surface area (Å²) in [6.45, 7) is 2.50. The van der Waals surface area contributed by atoms with Gasteiger partial charge in [0.2, 0.25) is 0 Å². The normalized spacial score (nSPS) is 9.33. The molecule has 2 amide bonds. The Bertz CT molecular complexity index is 1120. The third-order valence-electron chi connectivity index (χ3n) is 4.03. The third-order valence-corrected chi connectivity index (χ3v) is 4.03. The summed E-state index contributed by atoms with van der Waals surface area (Å²) in [6.07, 6.45) is 0. The van der Waals surface area contributed by atoms with E-state index in [1.807, 2.05) is 45.3 Å². The number of pyridine rings is 1. The van der Waals surface area contributed by atoms with Crippen molar-refractivity contribution in [3.05, 3.63) is 71.4 Å². The van der Waals surface area contributed by atoms with Crippen LogP contribution in [0, 0.1) is 11.8 Å². The first-order valence-electron chi connectivity index (χ1n) is 9.96. The van der Waals surface area contributed by atoms with Crippen molar-refractivity contribution in [2.45, 2.75) is 6.92 Å². The van der Waals surface area contributed by atoms with Gasteiger partial charge in [-0.15, -0.1) is 12.4 Å².